The van der Waals surface area contributed by atoms with Crippen LogP contribution in [0.5, 0.6) is 0 Å². The van der Waals surface area contributed by atoms with E-state index in [1.807, 2.05) is 6.07 Å². The molecule has 0 spiro atoms. The average Bonchev–Trinajstić information content (AvgIpc) is 2.30. The molecule has 1 heterocycles. The molecule has 1 aromatic carbocycles. The zero-order chi connectivity index (χ0) is 11.4. The molecule has 1 aliphatic heterocycles. The highest BCUT2D eigenvalue weighted by molar-refractivity contribution is 5.13. The summed E-state index contributed by atoms with van der Waals surface area (Å²) in [6, 6.07) is 10.9. The van der Waals surface area contributed by atoms with E-state index in [4.69, 9.17) is 0 Å². The Morgan fingerprint density at radius 3 is 2.81 bits per heavy atom. The van der Waals surface area contributed by atoms with E-state index in [1.54, 1.807) is 0 Å². The molecule has 88 valence electrons. The lowest BCUT2D eigenvalue weighted by atomic mass is 10.1. The number of piperazine rings is 1. The lowest BCUT2D eigenvalue weighted by Gasteiger charge is -2.44. The molecular weight excluding hydrogens is 200 g/mol. The highest BCUT2D eigenvalue weighted by Gasteiger charge is 2.34. The summed E-state index contributed by atoms with van der Waals surface area (Å²) in [5, 5.41) is 12.8. The van der Waals surface area contributed by atoms with Crippen LogP contribution in [0.4, 0.5) is 0 Å². The topological polar surface area (TPSA) is 32.3 Å². The number of benzene rings is 1. The minimum absolute atomic E-state index is 0.260. The van der Waals surface area contributed by atoms with E-state index in [0.29, 0.717) is 6.04 Å². The van der Waals surface area contributed by atoms with Gasteiger partial charge in [0.05, 0.1) is 26.7 Å². The Labute approximate surface area is 97.3 Å². The lowest BCUT2D eigenvalue weighted by Crippen LogP contribution is -2.63. The van der Waals surface area contributed by atoms with Gasteiger partial charge in [0.25, 0.3) is 0 Å². The third kappa shape index (κ3) is 2.43. The normalized spacial score (nSPS) is 30.2. The summed E-state index contributed by atoms with van der Waals surface area (Å²) in [4.78, 5) is 0. The summed E-state index contributed by atoms with van der Waals surface area (Å²) in [5.41, 5.74) is 1.35. The van der Waals surface area contributed by atoms with Gasteiger partial charge in [0.2, 0.25) is 0 Å². The van der Waals surface area contributed by atoms with E-state index >= 15 is 0 Å². The zero-order valence-corrected chi connectivity index (χ0v) is 9.89. The van der Waals surface area contributed by atoms with Gasteiger partial charge in [-0.05, 0) is 0 Å². The molecule has 2 rings (SSSR count). The molecule has 16 heavy (non-hydrogen) atoms. The van der Waals surface area contributed by atoms with Crippen LogP contribution in [-0.4, -0.2) is 48.9 Å². The van der Waals surface area contributed by atoms with Crippen molar-refractivity contribution >= 4 is 0 Å². The van der Waals surface area contributed by atoms with Crippen molar-refractivity contribution in [2.24, 2.45) is 0 Å². The Bertz CT molecular complexity index is 328. The Morgan fingerprint density at radius 1 is 1.38 bits per heavy atom. The molecule has 3 nitrogen and oxygen atoms in total. The molecular formula is C13H21N2O+. The number of aliphatic hydroxyl groups is 1. The second kappa shape index (κ2) is 4.95. The van der Waals surface area contributed by atoms with Crippen molar-refractivity contribution < 1.29 is 9.59 Å². The van der Waals surface area contributed by atoms with Crippen LogP contribution in [0, 0.1) is 0 Å². The molecule has 0 aliphatic carbocycles. The fourth-order valence-electron chi connectivity index (χ4n) is 2.48. The Hall–Kier alpha value is -0.900. The van der Waals surface area contributed by atoms with Crippen LogP contribution in [-0.2, 0) is 6.54 Å². The first kappa shape index (κ1) is 11.6. The van der Waals surface area contributed by atoms with Crippen LogP contribution >= 0.6 is 0 Å². The summed E-state index contributed by atoms with van der Waals surface area (Å²) >= 11 is 0. The van der Waals surface area contributed by atoms with Gasteiger partial charge >= 0.3 is 0 Å². The Morgan fingerprint density at radius 2 is 2.12 bits per heavy atom. The van der Waals surface area contributed by atoms with Crippen molar-refractivity contribution in [1.29, 1.82) is 0 Å². The highest BCUT2D eigenvalue weighted by Crippen LogP contribution is 2.18. The molecule has 0 amide bonds. The van der Waals surface area contributed by atoms with Crippen LogP contribution in [0.2, 0.25) is 0 Å². The van der Waals surface area contributed by atoms with Crippen LogP contribution < -0.4 is 5.32 Å². The van der Waals surface area contributed by atoms with E-state index in [9.17, 15) is 5.11 Å². The third-order valence-electron chi connectivity index (χ3n) is 3.66. The van der Waals surface area contributed by atoms with E-state index < -0.39 is 0 Å². The minimum Gasteiger partial charge on any atom is -0.390 e. The first-order chi connectivity index (χ1) is 7.74. The first-order valence-electron chi connectivity index (χ1n) is 5.94. The maximum atomic E-state index is 9.45. The molecule has 0 bridgehead atoms. The molecule has 2 atom stereocenters. The fraction of sp³-hybridized carbons (Fsp3) is 0.538. The number of nitrogens with one attached hydrogen (secondary N) is 1. The molecule has 1 aliphatic rings. The highest BCUT2D eigenvalue weighted by atomic mass is 16.3. The summed E-state index contributed by atoms with van der Waals surface area (Å²) in [5.74, 6) is 0. The molecule has 1 fully saturated rings. The molecule has 2 N–H and O–H groups in total. The summed E-state index contributed by atoms with van der Waals surface area (Å²) in [6.45, 7) is 4.31. The zero-order valence-electron chi connectivity index (χ0n) is 9.89. The first-order valence-corrected chi connectivity index (χ1v) is 5.94. The fourth-order valence-corrected chi connectivity index (χ4v) is 2.48. The molecule has 3 heteroatoms. The Balaban J connectivity index is 2.11. The second-order valence-electron chi connectivity index (χ2n) is 4.89. The van der Waals surface area contributed by atoms with E-state index in [-0.39, 0.29) is 6.61 Å². The minimum atomic E-state index is 0.260. The third-order valence-corrected chi connectivity index (χ3v) is 3.66. The van der Waals surface area contributed by atoms with Gasteiger partial charge in [0.15, 0.2) is 0 Å². The van der Waals surface area contributed by atoms with E-state index in [2.05, 4.69) is 36.6 Å². The van der Waals surface area contributed by atoms with E-state index in [1.165, 1.54) is 5.56 Å². The maximum Gasteiger partial charge on any atom is 0.125 e. The Kier molecular flexibility index (Phi) is 3.59. The number of hydrogen-bond acceptors (Lipinski definition) is 2. The van der Waals surface area contributed by atoms with Gasteiger partial charge in [0, 0.05) is 12.1 Å². The number of nitrogens with zero attached hydrogens (tertiary/aromatic N) is 1. The average molecular weight is 221 g/mol. The number of hydrogen-bond donors (Lipinski definition) is 2. The molecule has 2 unspecified atom stereocenters. The summed E-state index contributed by atoms with van der Waals surface area (Å²) in [7, 11) is 2.24. The second-order valence-corrected chi connectivity index (χ2v) is 4.89. The predicted octanol–water partition coefficient (Wildman–Crippen LogP) is 0.597. The molecule has 0 aromatic heterocycles. The van der Waals surface area contributed by atoms with Crippen molar-refractivity contribution in [2.75, 3.05) is 33.3 Å². The van der Waals surface area contributed by atoms with Gasteiger partial charge in [-0.15, -0.1) is 0 Å². The van der Waals surface area contributed by atoms with Crippen molar-refractivity contribution in [1.82, 2.24) is 5.32 Å². The van der Waals surface area contributed by atoms with Crippen molar-refractivity contribution in [3.63, 3.8) is 0 Å². The largest absolute Gasteiger partial charge is 0.390 e. The number of rotatable bonds is 3. The van der Waals surface area contributed by atoms with Crippen LogP contribution in [0.1, 0.15) is 5.56 Å². The molecule has 1 saturated heterocycles. The van der Waals surface area contributed by atoms with Gasteiger partial charge in [-0.2, -0.15) is 0 Å². The number of aliphatic hydroxyl groups excluding tert-OH is 1. The van der Waals surface area contributed by atoms with Gasteiger partial charge < -0.3 is 14.9 Å². The lowest BCUT2D eigenvalue weighted by molar-refractivity contribution is -0.948. The van der Waals surface area contributed by atoms with Gasteiger partial charge in [-0.25, -0.2) is 0 Å². The monoisotopic (exact) mass is 221 g/mol. The van der Waals surface area contributed by atoms with Crippen molar-refractivity contribution in [3.8, 4) is 0 Å². The van der Waals surface area contributed by atoms with Crippen LogP contribution in [0.25, 0.3) is 0 Å². The van der Waals surface area contributed by atoms with E-state index in [0.717, 1.165) is 30.7 Å². The predicted molar refractivity (Wildman–Crippen MR) is 64.9 cm³/mol. The summed E-state index contributed by atoms with van der Waals surface area (Å²) in [6.07, 6.45) is 0. The maximum absolute atomic E-state index is 9.45. The van der Waals surface area contributed by atoms with Gasteiger partial charge in [-0.3, -0.25) is 0 Å². The molecule has 0 radical (unpaired) electrons. The smallest absolute Gasteiger partial charge is 0.125 e. The van der Waals surface area contributed by atoms with Crippen LogP contribution in [0.15, 0.2) is 30.3 Å². The summed E-state index contributed by atoms with van der Waals surface area (Å²) < 4.78 is 0.938. The number of quaternary nitrogens is 1. The van der Waals surface area contributed by atoms with Gasteiger partial charge in [0.1, 0.15) is 12.6 Å². The standard InChI is InChI=1S/C13H21N2O/c1-15(8-7-14-9-13(15)11-16)10-12-5-3-2-4-6-12/h2-6,13-14,16H,7-11H2,1H3/q+1. The van der Waals surface area contributed by atoms with Crippen molar-refractivity contribution in [2.45, 2.75) is 12.6 Å². The molecule has 1 aromatic rings. The molecule has 0 saturated carbocycles. The quantitative estimate of drug-likeness (QED) is 0.733. The SMILES string of the molecule is C[N+]1(Cc2ccccc2)CCNCC1CO. The number of likely N-dealkylation sites (N-methyl/N-ethyl adjacent to an activating group) is 1. The van der Waals surface area contributed by atoms with Crippen LogP contribution in [0.3, 0.4) is 0 Å². The van der Waals surface area contributed by atoms with Crippen molar-refractivity contribution in [3.05, 3.63) is 35.9 Å². The van der Waals surface area contributed by atoms with Gasteiger partial charge in [-0.1, -0.05) is 30.3 Å².